The number of nitrogens with zero attached hydrogens (tertiary/aromatic N) is 7. The molecule has 2 aliphatic carbocycles. The minimum atomic E-state index is -0.0742. The lowest BCUT2D eigenvalue weighted by atomic mass is 9.87. The van der Waals surface area contributed by atoms with Gasteiger partial charge in [-0.1, -0.05) is 11.6 Å². The van der Waals surface area contributed by atoms with Gasteiger partial charge in [0.15, 0.2) is 0 Å². The Kier molecular flexibility index (Phi) is 10.4. The molecule has 0 saturated heterocycles. The summed E-state index contributed by atoms with van der Waals surface area (Å²) in [6, 6.07) is 4.02. The Balaban J connectivity index is 0.000000187. The molecule has 0 spiro atoms. The molecule has 0 fully saturated rings. The summed E-state index contributed by atoms with van der Waals surface area (Å²) in [7, 11) is 7.27. The van der Waals surface area contributed by atoms with Crippen LogP contribution in [0.4, 0.5) is 11.5 Å². The molecule has 0 radical (unpaired) electrons. The predicted octanol–water partition coefficient (Wildman–Crippen LogP) is 5.82. The van der Waals surface area contributed by atoms with Gasteiger partial charge in [0.05, 0.1) is 23.0 Å². The van der Waals surface area contributed by atoms with E-state index in [0.717, 1.165) is 87.3 Å². The van der Waals surface area contributed by atoms with Crippen LogP contribution < -0.4 is 15.8 Å². The van der Waals surface area contributed by atoms with Crippen LogP contribution in [0.2, 0.25) is 5.15 Å². The van der Waals surface area contributed by atoms with Crippen LogP contribution in [0.25, 0.3) is 20.4 Å². The number of carbonyl (C=O) groups excluding carboxylic acids is 2. The molecule has 1 aromatic carbocycles. The number of aryl methyl sites for hydroxylation is 2. The zero-order valence-electron chi connectivity index (χ0n) is 29.9. The fourth-order valence-electron chi connectivity index (χ4n) is 7.13. The van der Waals surface area contributed by atoms with Crippen molar-refractivity contribution in [1.29, 1.82) is 0 Å². The van der Waals surface area contributed by atoms with Crippen LogP contribution in [-0.2, 0) is 41.8 Å². The molecule has 8 rings (SSSR count). The van der Waals surface area contributed by atoms with Crippen LogP contribution in [-0.4, -0.2) is 88.6 Å². The van der Waals surface area contributed by atoms with E-state index < -0.39 is 0 Å². The smallest absolute Gasteiger partial charge is 0.225 e. The number of hydrogen-bond acceptors (Lipinski definition) is 12. The van der Waals surface area contributed by atoms with Gasteiger partial charge in [-0.15, -0.1) is 22.7 Å². The van der Waals surface area contributed by atoms with E-state index in [-0.39, 0.29) is 29.7 Å². The van der Waals surface area contributed by atoms with Crippen molar-refractivity contribution in [1.82, 2.24) is 29.7 Å². The number of ether oxygens (including phenoxy) is 1. The molecular formula is C37H42ClN9O3S2. The van der Waals surface area contributed by atoms with E-state index in [2.05, 4.69) is 36.3 Å². The summed E-state index contributed by atoms with van der Waals surface area (Å²) in [5.74, 6) is 2.01. The average molecular weight is 760 g/mol. The van der Waals surface area contributed by atoms with Gasteiger partial charge in [-0.2, -0.15) is 0 Å². The van der Waals surface area contributed by atoms with Crippen molar-refractivity contribution in [2.24, 2.45) is 22.6 Å². The highest BCUT2D eigenvalue weighted by Crippen LogP contribution is 2.43. The zero-order chi connectivity index (χ0) is 36.7. The SMILES string of the molecule is CN(C)C(=O)[C@H]1CCc2c(sc3ncnc(Cl)c23)C1.C[C@H](N)COc1cc2c(cc1Nc1ncnc3sc4c(c13)CC[C@H](C(=O)N(C)C)C4)C=NC2. The third-order valence-electron chi connectivity index (χ3n) is 9.71. The van der Waals surface area contributed by atoms with Gasteiger partial charge in [0.1, 0.15) is 45.6 Å². The van der Waals surface area contributed by atoms with E-state index in [1.54, 1.807) is 38.8 Å². The maximum Gasteiger partial charge on any atom is 0.225 e. The standard InChI is InChI=1S/C24H28N6O2S.C13H14ClN3OS/c1-13(25)11-32-19-7-16-10-26-9-15(16)6-18(19)29-22-21-17-5-4-14(24(31)30(2)3)8-20(17)33-23(21)28-12-27-22;1-17(2)13(18)7-3-4-8-9(5-7)19-12-10(8)11(14)15-6-16-12/h6-7,9,12-14H,4-5,8,10-11,25H2,1-3H3,(H,27,28,29);6-7H,3-5H2,1-2H3/t13-,14-;7-/m00/s1. The number of amides is 2. The van der Waals surface area contributed by atoms with E-state index in [1.165, 1.54) is 27.2 Å². The minimum absolute atomic E-state index is 0.0270. The van der Waals surface area contributed by atoms with Crippen molar-refractivity contribution in [3.8, 4) is 5.75 Å². The lowest BCUT2D eigenvalue weighted by Crippen LogP contribution is -2.32. The van der Waals surface area contributed by atoms with Gasteiger partial charge in [-0.25, -0.2) is 19.9 Å². The molecule has 5 aromatic rings. The number of carbonyl (C=O) groups is 2. The van der Waals surface area contributed by atoms with Crippen molar-refractivity contribution in [3.05, 3.63) is 61.9 Å². The molecular weight excluding hydrogens is 718 g/mol. The minimum Gasteiger partial charge on any atom is -0.490 e. The quantitative estimate of drug-likeness (QED) is 0.196. The molecule has 4 aromatic heterocycles. The fraction of sp³-hybridized carbons (Fsp3) is 0.432. The zero-order valence-corrected chi connectivity index (χ0v) is 32.3. The van der Waals surface area contributed by atoms with Gasteiger partial charge in [0.25, 0.3) is 0 Å². The second-order valence-corrected chi connectivity index (χ2v) is 16.6. The summed E-state index contributed by atoms with van der Waals surface area (Å²) in [5, 5.41) is 6.07. The Morgan fingerprint density at radius 1 is 0.923 bits per heavy atom. The van der Waals surface area contributed by atoms with Gasteiger partial charge in [-0.3, -0.25) is 14.6 Å². The molecule has 0 unspecified atom stereocenters. The summed E-state index contributed by atoms with van der Waals surface area (Å²) in [6.07, 6.45) is 9.96. The topological polar surface area (TPSA) is 152 Å². The van der Waals surface area contributed by atoms with E-state index in [1.807, 2.05) is 47.4 Å². The molecule has 0 bridgehead atoms. The van der Waals surface area contributed by atoms with Crippen molar-refractivity contribution < 1.29 is 14.3 Å². The first-order valence-electron chi connectivity index (χ1n) is 17.4. The Bertz CT molecular complexity index is 2200. The van der Waals surface area contributed by atoms with Crippen molar-refractivity contribution in [2.45, 2.75) is 58.0 Å². The van der Waals surface area contributed by atoms with E-state index >= 15 is 0 Å². The number of fused-ring (bicyclic) bond motifs is 7. The highest BCUT2D eigenvalue weighted by atomic mass is 35.5. The second-order valence-electron chi connectivity index (χ2n) is 14.0. The van der Waals surface area contributed by atoms with Crippen LogP contribution in [0.15, 0.2) is 29.8 Å². The molecule has 15 heteroatoms. The maximum absolute atomic E-state index is 12.5. The number of nitrogens with one attached hydrogen (secondary N) is 1. The average Bonchev–Trinajstić information content (AvgIpc) is 3.84. The number of benzene rings is 1. The first-order chi connectivity index (χ1) is 25.0. The first kappa shape index (κ1) is 36.1. The molecule has 3 atom stereocenters. The van der Waals surface area contributed by atoms with Gasteiger partial charge < -0.3 is 25.6 Å². The number of thiophene rings is 2. The maximum atomic E-state index is 12.5. The van der Waals surface area contributed by atoms with Gasteiger partial charge in [0, 0.05) is 62.0 Å². The van der Waals surface area contributed by atoms with Crippen LogP contribution in [0.5, 0.6) is 5.75 Å². The lowest BCUT2D eigenvalue weighted by molar-refractivity contribution is -0.134. The molecule has 1 aliphatic heterocycles. The molecule has 12 nitrogen and oxygen atoms in total. The number of aromatic nitrogens is 4. The molecule has 3 aliphatic rings. The summed E-state index contributed by atoms with van der Waals surface area (Å²) in [6.45, 7) is 3.00. The van der Waals surface area contributed by atoms with Crippen molar-refractivity contribution in [3.63, 3.8) is 0 Å². The first-order valence-corrected chi connectivity index (χ1v) is 19.4. The number of hydrogen-bond donors (Lipinski definition) is 2. The number of anilines is 2. The summed E-state index contributed by atoms with van der Waals surface area (Å²) >= 11 is 9.47. The lowest BCUT2D eigenvalue weighted by Gasteiger charge is -2.24. The Labute approximate surface area is 315 Å². The van der Waals surface area contributed by atoms with E-state index in [4.69, 9.17) is 22.1 Å². The number of nitrogens with two attached hydrogens (primary N) is 1. The third kappa shape index (κ3) is 7.21. The fourth-order valence-corrected chi connectivity index (χ4v) is 9.97. The monoisotopic (exact) mass is 759 g/mol. The summed E-state index contributed by atoms with van der Waals surface area (Å²) < 4.78 is 6.04. The number of aliphatic imine (C=N–C) groups is 1. The number of halogens is 1. The van der Waals surface area contributed by atoms with E-state index in [0.29, 0.717) is 18.3 Å². The highest BCUT2D eigenvalue weighted by Gasteiger charge is 2.31. The molecule has 272 valence electrons. The molecule has 52 heavy (non-hydrogen) atoms. The summed E-state index contributed by atoms with van der Waals surface area (Å²) in [5.41, 5.74) is 11.5. The Morgan fingerprint density at radius 2 is 1.52 bits per heavy atom. The Morgan fingerprint density at radius 3 is 2.13 bits per heavy atom. The van der Waals surface area contributed by atoms with Gasteiger partial charge >= 0.3 is 0 Å². The number of rotatable bonds is 7. The predicted molar refractivity (Wildman–Crippen MR) is 208 cm³/mol. The van der Waals surface area contributed by atoms with E-state index in [9.17, 15) is 9.59 Å². The molecule has 5 heterocycles. The van der Waals surface area contributed by atoms with Gasteiger partial charge in [-0.05, 0) is 79.8 Å². The largest absolute Gasteiger partial charge is 0.490 e. The van der Waals surface area contributed by atoms with Crippen LogP contribution in [0, 0.1) is 11.8 Å². The van der Waals surface area contributed by atoms with Crippen molar-refractivity contribution in [2.75, 3.05) is 40.1 Å². The van der Waals surface area contributed by atoms with Crippen molar-refractivity contribution >= 4 is 84.2 Å². The third-order valence-corrected chi connectivity index (χ3v) is 12.3. The second kappa shape index (κ2) is 15.0. The molecule has 3 N–H and O–H groups in total. The van der Waals surface area contributed by atoms with Crippen LogP contribution in [0.3, 0.4) is 0 Å². The molecule has 2 amide bonds. The van der Waals surface area contributed by atoms with Crippen LogP contribution >= 0.6 is 34.3 Å². The Hall–Kier alpha value is -4.24. The summed E-state index contributed by atoms with van der Waals surface area (Å²) in [4.78, 5) is 54.1. The molecule has 0 saturated carbocycles. The van der Waals surface area contributed by atoms with Gasteiger partial charge in [0.2, 0.25) is 11.8 Å². The van der Waals surface area contributed by atoms with Crippen LogP contribution in [0.1, 0.15) is 51.8 Å². The highest BCUT2D eigenvalue weighted by molar-refractivity contribution is 7.19. The normalized spacial score (nSPS) is 17.8.